The van der Waals surface area contributed by atoms with E-state index >= 15 is 0 Å². The number of anilines is 2. The van der Waals surface area contributed by atoms with Gasteiger partial charge < -0.3 is 10.3 Å². The van der Waals surface area contributed by atoms with Gasteiger partial charge in [-0.1, -0.05) is 6.07 Å². The number of benzene rings is 1. The molecule has 0 saturated heterocycles. The van der Waals surface area contributed by atoms with Crippen LogP contribution < -0.4 is 5.32 Å². The molecule has 3 aromatic rings. The Bertz CT molecular complexity index is 780. The molecule has 0 aliphatic rings. The first-order valence-electron chi connectivity index (χ1n) is 5.98. The molecule has 2 aromatic heterocycles. The highest BCUT2D eigenvalue weighted by molar-refractivity contribution is 5.83. The number of nitrogens with one attached hydrogen (secondary N) is 2. The molecule has 0 amide bonds. The lowest BCUT2D eigenvalue weighted by atomic mass is 10.2. The number of aromatic amines is 1. The number of aromatic nitrogens is 2. The van der Waals surface area contributed by atoms with E-state index in [0.717, 1.165) is 22.7 Å². The van der Waals surface area contributed by atoms with Crippen LogP contribution in [0.5, 0.6) is 0 Å². The number of aryl methyl sites for hydroxylation is 1. The second-order valence-corrected chi connectivity index (χ2v) is 4.35. The summed E-state index contributed by atoms with van der Waals surface area (Å²) in [5, 5.41) is 13.3. The average Bonchev–Trinajstić information content (AvgIpc) is 2.86. The van der Waals surface area contributed by atoms with Gasteiger partial charge in [0.1, 0.15) is 11.9 Å². The SMILES string of the molecule is Cc1nc(Nc2ccc3cc[nH]c3c2)ccc1C#N. The molecule has 0 aliphatic heterocycles. The van der Waals surface area contributed by atoms with E-state index in [1.54, 1.807) is 6.07 Å². The van der Waals surface area contributed by atoms with Gasteiger partial charge >= 0.3 is 0 Å². The van der Waals surface area contributed by atoms with Crippen LogP contribution in [0.1, 0.15) is 11.3 Å². The maximum absolute atomic E-state index is 8.88. The van der Waals surface area contributed by atoms with Crippen molar-refractivity contribution in [1.82, 2.24) is 9.97 Å². The van der Waals surface area contributed by atoms with E-state index in [0.29, 0.717) is 5.56 Å². The van der Waals surface area contributed by atoms with E-state index in [9.17, 15) is 0 Å². The second-order valence-electron chi connectivity index (χ2n) is 4.35. The van der Waals surface area contributed by atoms with Crippen molar-refractivity contribution < 1.29 is 0 Å². The predicted octanol–water partition coefficient (Wildman–Crippen LogP) is 3.49. The Hall–Kier alpha value is -2.80. The van der Waals surface area contributed by atoms with Gasteiger partial charge in [-0.2, -0.15) is 5.26 Å². The molecule has 0 spiro atoms. The van der Waals surface area contributed by atoms with E-state index in [-0.39, 0.29) is 0 Å². The first-order chi connectivity index (χ1) is 9.26. The minimum atomic E-state index is 0.602. The first-order valence-corrected chi connectivity index (χ1v) is 5.98. The second kappa shape index (κ2) is 4.46. The van der Waals surface area contributed by atoms with Crippen molar-refractivity contribution in [3.8, 4) is 6.07 Å². The molecule has 0 unspecified atom stereocenters. The number of hydrogen-bond acceptors (Lipinski definition) is 3. The fraction of sp³-hybridized carbons (Fsp3) is 0.0667. The van der Waals surface area contributed by atoms with Crippen LogP contribution in [0, 0.1) is 18.3 Å². The Morgan fingerprint density at radius 2 is 2.11 bits per heavy atom. The smallest absolute Gasteiger partial charge is 0.130 e. The third-order valence-electron chi connectivity index (χ3n) is 3.03. The Labute approximate surface area is 110 Å². The van der Waals surface area contributed by atoms with E-state index in [1.165, 1.54) is 5.39 Å². The van der Waals surface area contributed by atoms with Crippen molar-refractivity contribution >= 4 is 22.4 Å². The quantitative estimate of drug-likeness (QED) is 0.729. The van der Waals surface area contributed by atoms with E-state index < -0.39 is 0 Å². The Morgan fingerprint density at radius 1 is 1.21 bits per heavy atom. The number of fused-ring (bicyclic) bond motifs is 1. The standard InChI is InChI=1S/C15H12N4/c1-10-12(9-16)3-5-15(18-10)19-13-4-2-11-6-7-17-14(11)8-13/h2-8,17H,1H3,(H,18,19). The Balaban J connectivity index is 1.92. The molecular formula is C15H12N4. The number of nitriles is 1. The van der Waals surface area contributed by atoms with E-state index in [2.05, 4.69) is 21.4 Å². The third-order valence-corrected chi connectivity index (χ3v) is 3.03. The molecule has 4 heteroatoms. The molecule has 1 aromatic carbocycles. The molecule has 0 atom stereocenters. The van der Waals surface area contributed by atoms with Gasteiger partial charge in [0.15, 0.2) is 0 Å². The van der Waals surface area contributed by atoms with Crippen LogP contribution in [0.15, 0.2) is 42.6 Å². The molecule has 0 radical (unpaired) electrons. The van der Waals surface area contributed by atoms with Crippen molar-refractivity contribution in [1.29, 1.82) is 5.26 Å². The molecular weight excluding hydrogens is 236 g/mol. The van der Waals surface area contributed by atoms with Gasteiger partial charge in [-0.3, -0.25) is 0 Å². The zero-order chi connectivity index (χ0) is 13.2. The fourth-order valence-electron chi connectivity index (χ4n) is 2.02. The number of H-pyrrole nitrogens is 1. The molecule has 92 valence electrons. The largest absolute Gasteiger partial charge is 0.361 e. The Morgan fingerprint density at radius 3 is 2.89 bits per heavy atom. The van der Waals surface area contributed by atoms with Crippen molar-refractivity contribution in [3.63, 3.8) is 0 Å². The lowest BCUT2D eigenvalue weighted by Gasteiger charge is -2.07. The highest BCUT2D eigenvalue weighted by Crippen LogP contribution is 2.21. The number of rotatable bonds is 2. The van der Waals surface area contributed by atoms with Crippen LogP contribution >= 0.6 is 0 Å². The average molecular weight is 248 g/mol. The van der Waals surface area contributed by atoms with E-state index in [4.69, 9.17) is 5.26 Å². The molecule has 0 aliphatic carbocycles. The number of hydrogen-bond donors (Lipinski definition) is 2. The van der Waals surface area contributed by atoms with Crippen LogP contribution in [-0.4, -0.2) is 9.97 Å². The van der Waals surface area contributed by atoms with Gasteiger partial charge in [0.2, 0.25) is 0 Å². The highest BCUT2D eigenvalue weighted by atomic mass is 15.0. The molecule has 3 rings (SSSR count). The maximum atomic E-state index is 8.88. The molecule has 0 fully saturated rings. The summed E-state index contributed by atoms with van der Waals surface area (Å²) in [5.41, 5.74) is 3.38. The minimum Gasteiger partial charge on any atom is -0.361 e. The van der Waals surface area contributed by atoms with Crippen molar-refractivity contribution in [2.75, 3.05) is 5.32 Å². The summed E-state index contributed by atoms with van der Waals surface area (Å²) < 4.78 is 0. The maximum Gasteiger partial charge on any atom is 0.130 e. The summed E-state index contributed by atoms with van der Waals surface area (Å²) in [5.74, 6) is 0.738. The molecule has 2 heterocycles. The van der Waals surface area contributed by atoms with Crippen molar-refractivity contribution in [3.05, 3.63) is 53.9 Å². The lowest BCUT2D eigenvalue weighted by Crippen LogP contribution is -1.96. The third kappa shape index (κ3) is 2.14. The number of pyridine rings is 1. The van der Waals surface area contributed by atoms with Gasteiger partial charge in [0, 0.05) is 17.4 Å². The van der Waals surface area contributed by atoms with Gasteiger partial charge in [-0.25, -0.2) is 4.98 Å². The Kier molecular flexibility index (Phi) is 2.66. The van der Waals surface area contributed by atoms with Crippen molar-refractivity contribution in [2.24, 2.45) is 0 Å². The first kappa shape index (κ1) is 11.3. The van der Waals surface area contributed by atoms with Crippen LogP contribution in [0.2, 0.25) is 0 Å². The predicted molar refractivity (Wildman–Crippen MR) is 75.3 cm³/mol. The molecule has 0 bridgehead atoms. The summed E-state index contributed by atoms with van der Waals surface area (Å²) in [4.78, 5) is 7.54. The molecule has 2 N–H and O–H groups in total. The van der Waals surface area contributed by atoms with Gasteiger partial charge in [-0.05, 0) is 42.6 Å². The monoisotopic (exact) mass is 248 g/mol. The summed E-state index contributed by atoms with van der Waals surface area (Å²) >= 11 is 0. The zero-order valence-corrected chi connectivity index (χ0v) is 10.4. The normalized spacial score (nSPS) is 10.3. The highest BCUT2D eigenvalue weighted by Gasteiger charge is 2.02. The minimum absolute atomic E-state index is 0.602. The molecule has 4 nitrogen and oxygen atoms in total. The van der Waals surface area contributed by atoms with Crippen LogP contribution in [0.3, 0.4) is 0 Å². The van der Waals surface area contributed by atoms with Crippen LogP contribution in [0.4, 0.5) is 11.5 Å². The van der Waals surface area contributed by atoms with Crippen molar-refractivity contribution in [2.45, 2.75) is 6.92 Å². The molecule has 19 heavy (non-hydrogen) atoms. The topological polar surface area (TPSA) is 64.5 Å². The summed E-state index contributed by atoms with van der Waals surface area (Å²) in [6.45, 7) is 1.83. The summed E-state index contributed by atoms with van der Waals surface area (Å²) in [6.07, 6.45) is 1.92. The lowest BCUT2D eigenvalue weighted by molar-refractivity contribution is 1.18. The summed E-state index contributed by atoms with van der Waals surface area (Å²) in [7, 11) is 0. The van der Waals surface area contributed by atoms with Gasteiger partial charge in [0.25, 0.3) is 0 Å². The molecule has 0 saturated carbocycles. The van der Waals surface area contributed by atoms with Gasteiger partial charge in [0.05, 0.1) is 11.3 Å². The van der Waals surface area contributed by atoms with E-state index in [1.807, 2.05) is 43.5 Å². The fourth-order valence-corrected chi connectivity index (χ4v) is 2.02. The van der Waals surface area contributed by atoms with Crippen LogP contribution in [-0.2, 0) is 0 Å². The summed E-state index contributed by atoms with van der Waals surface area (Å²) in [6, 6.07) is 13.8. The number of nitrogens with zero attached hydrogens (tertiary/aromatic N) is 2. The van der Waals surface area contributed by atoms with Gasteiger partial charge in [-0.15, -0.1) is 0 Å². The van der Waals surface area contributed by atoms with Crippen LogP contribution in [0.25, 0.3) is 10.9 Å². The zero-order valence-electron chi connectivity index (χ0n) is 10.4.